The van der Waals surface area contributed by atoms with Crippen molar-refractivity contribution in [3.63, 3.8) is 0 Å². The summed E-state index contributed by atoms with van der Waals surface area (Å²) in [5.74, 6) is 0.704. The molecule has 2 aromatic rings. The van der Waals surface area contributed by atoms with E-state index in [-0.39, 0.29) is 11.9 Å². The number of aromatic amines is 1. The summed E-state index contributed by atoms with van der Waals surface area (Å²) in [5.41, 5.74) is 11.8. The number of aromatic nitrogens is 4. The van der Waals surface area contributed by atoms with Crippen LogP contribution in [0.25, 0.3) is 11.2 Å². The van der Waals surface area contributed by atoms with Crippen LogP contribution in [0.3, 0.4) is 0 Å². The Kier molecular flexibility index (Phi) is 1.44. The second-order valence-corrected chi connectivity index (χ2v) is 2.41. The van der Waals surface area contributed by atoms with Gasteiger partial charge in [-0.15, -0.1) is 0 Å². The van der Waals surface area contributed by atoms with Crippen molar-refractivity contribution in [2.45, 2.75) is 0 Å². The van der Waals surface area contributed by atoms with Gasteiger partial charge >= 0.3 is 0 Å². The number of rotatable bonds is 1. The number of nitrogens with zero attached hydrogens (tertiary/aromatic N) is 3. The van der Waals surface area contributed by atoms with Gasteiger partial charge in [-0.2, -0.15) is 15.0 Å². The molecule has 0 aromatic carbocycles. The highest BCUT2D eigenvalue weighted by atomic mass is 16.5. The zero-order chi connectivity index (χ0) is 9.42. The zero-order valence-corrected chi connectivity index (χ0v) is 6.90. The van der Waals surface area contributed by atoms with E-state index in [0.717, 1.165) is 0 Å². The van der Waals surface area contributed by atoms with E-state index in [0.29, 0.717) is 17.0 Å². The molecule has 0 saturated heterocycles. The van der Waals surface area contributed by atoms with Crippen LogP contribution in [0, 0.1) is 0 Å². The molecule has 0 fully saturated rings. The summed E-state index contributed by atoms with van der Waals surface area (Å²) in [7, 11) is 1.48. The highest BCUT2D eigenvalue weighted by molar-refractivity contribution is 5.79. The lowest BCUT2D eigenvalue weighted by atomic mass is 10.5. The summed E-state index contributed by atoms with van der Waals surface area (Å²) < 4.78 is 4.96. The molecule has 13 heavy (non-hydrogen) atoms. The largest absolute Gasteiger partial charge is 0.479 e. The second-order valence-electron chi connectivity index (χ2n) is 2.41. The number of hydrogen-bond donors (Lipinski definition) is 3. The number of anilines is 2. The van der Waals surface area contributed by atoms with Gasteiger partial charge in [0.1, 0.15) is 5.52 Å². The molecule has 7 heteroatoms. The molecule has 5 N–H and O–H groups in total. The number of hydrogen-bond acceptors (Lipinski definition) is 6. The third-order valence-electron chi connectivity index (χ3n) is 1.55. The van der Waals surface area contributed by atoms with Crippen molar-refractivity contribution in [1.29, 1.82) is 0 Å². The molecular weight excluding hydrogens is 172 g/mol. The molecular formula is C6H8N6O. The Morgan fingerprint density at radius 1 is 1.23 bits per heavy atom. The number of methoxy groups -OCH3 is 1. The van der Waals surface area contributed by atoms with Crippen LogP contribution in [0.2, 0.25) is 0 Å². The average molecular weight is 180 g/mol. The Labute approximate surface area is 73.1 Å². The minimum atomic E-state index is 0.107. The lowest BCUT2D eigenvalue weighted by Gasteiger charge is -1.99. The number of nitrogens with two attached hydrogens (primary N) is 2. The number of nitrogens with one attached hydrogen (secondary N) is 1. The summed E-state index contributed by atoms with van der Waals surface area (Å²) in [6.07, 6.45) is 0. The van der Waals surface area contributed by atoms with Gasteiger partial charge in [-0.3, -0.25) is 0 Å². The van der Waals surface area contributed by atoms with Crippen LogP contribution in [0.1, 0.15) is 0 Å². The van der Waals surface area contributed by atoms with Crippen LogP contribution in [-0.4, -0.2) is 27.0 Å². The maximum atomic E-state index is 5.43. The first-order valence-electron chi connectivity index (χ1n) is 3.53. The molecule has 0 radical (unpaired) electrons. The Morgan fingerprint density at radius 3 is 2.69 bits per heavy atom. The number of H-pyrrole nitrogens is 1. The van der Waals surface area contributed by atoms with Gasteiger partial charge in [-0.05, 0) is 0 Å². The van der Waals surface area contributed by atoms with Crippen molar-refractivity contribution >= 4 is 23.1 Å². The minimum absolute atomic E-state index is 0.107. The fourth-order valence-electron chi connectivity index (χ4n) is 1.05. The van der Waals surface area contributed by atoms with Crippen LogP contribution >= 0.6 is 0 Å². The van der Waals surface area contributed by atoms with Crippen molar-refractivity contribution in [1.82, 2.24) is 19.9 Å². The summed E-state index contributed by atoms with van der Waals surface area (Å²) >= 11 is 0. The van der Waals surface area contributed by atoms with E-state index in [4.69, 9.17) is 16.2 Å². The quantitative estimate of drug-likeness (QED) is 0.546. The molecule has 2 aromatic heterocycles. The molecule has 2 heterocycles. The van der Waals surface area contributed by atoms with Crippen molar-refractivity contribution in [2.24, 2.45) is 0 Å². The summed E-state index contributed by atoms with van der Waals surface area (Å²) in [5, 5.41) is 0. The molecule has 68 valence electrons. The lowest BCUT2D eigenvalue weighted by molar-refractivity contribution is 0.402. The standard InChI is InChI=1S/C6H8N6O/c1-13-4-2-3(10-5(7)9-2)11-6(8)12-4/h1H3,(H5,7,8,9,10,11,12). The van der Waals surface area contributed by atoms with Gasteiger partial charge in [0.2, 0.25) is 11.8 Å². The van der Waals surface area contributed by atoms with E-state index in [9.17, 15) is 0 Å². The Morgan fingerprint density at radius 2 is 2.00 bits per heavy atom. The molecule has 0 atom stereocenters. The number of nitrogen functional groups attached to an aromatic ring is 2. The van der Waals surface area contributed by atoms with E-state index in [2.05, 4.69) is 19.9 Å². The highest BCUT2D eigenvalue weighted by Crippen LogP contribution is 2.20. The predicted octanol–water partition coefficient (Wildman–Crippen LogP) is -0.474. The molecule has 0 bridgehead atoms. The number of fused-ring (bicyclic) bond motifs is 1. The summed E-state index contributed by atoms with van der Waals surface area (Å²) in [4.78, 5) is 14.4. The molecule has 0 saturated carbocycles. The predicted molar refractivity (Wildman–Crippen MR) is 47.1 cm³/mol. The molecule has 2 rings (SSSR count). The van der Waals surface area contributed by atoms with Crippen molar-refractivity contribution in [2.75, 3.05) is 18.6 Å². The van der Waals surface area contributed by atoms with Gasteiger partial charge < -0.3 is 21.2 Å². The average Bonchev–Trinajstić information content (AvgIpc) is 2.43. The maximum Gasteiger partial charge on any atom is 0.244 e. The molecule has 0 amide bonds. The van der Waals surface area contributed by atoms with Crippen LogP contribution in [-0.2, 0) is 0 Å². The molecule has 0 aliphatic heterocycles. The van der Waals surface area contributed by atoms with E-state index in [1.165, 1.54) is 7.11 Å². The maximum absolute atomic E-state index is 5.43. The van der Waals surface area contributed by atoms with E-state index >= 15 is 0 Å². The van der Waals surface area contributed by atoms with Crippen molar-refractivity contribution < 1.29 is 4.74 Å². The molecule has 0 unspecified atom stereocenters. The van der Waals surface area contributed by atoms with E-state index in [1.54, 1.807) is 0 Å². The molecule has 0 aliphatic rings. The summed E-state index contributed by atoms with van der Waals surface area (Å²) in [6, 6.07) is 0. The van der Waals surface area contributed by atoms with Crippen LogP contribution in [0.5, 0.6) is 5.88 Å². The van der Waals surface area contributed by atoms with Crippen LogP contribution in [0.15, 0.2) is 0 Å². The molecule has 7 nitrogen and oxygen atoms in total. The zero-order valence-electron chi connectivity index (χ0n) is 6.90. The van der Waals surface area contributed by atoms with E-state index < -0.39 is 0 Å². The fourth-order valence-corrected chi connectivity index (χ4v) is 1.05. The fraction of sp³-hybridized carbons (Fsp3) is 0.167. The van der Waals surface area contributed by atoms with Gasteiger partial charge in [0.15, 0.2) is 11.6 Å². The first-order chi connectivity index (χ1) is 6.20. The smallest absolute Gasteiger partial charge is 0.244 e. The number of imidazole rings is 1. The first-order valence-corrected chi connectivity index (χ1v) is 3.53. The van der Waals surface area contributed by atoms with Gasteiger partial charge in [0, 0.05) is 0 Å². The van der Waals surface area contributed by atoms with Gasteiger partial charge in [0.25, 0.3) is 0 Å². The van der Waals surface area contributed by atoms with Crippen molar-refractivity contribution in [3.8, 4) is 5.88 Å². The molecule has 0 aliphatic carbocycles. The highest BCUT2D eigenvalue weighted by Gasteiger charge is 2.09. The van der Waals surface area contributed by atoms with Gasteiger partial charge in [0.05, 0.1) is 7.11 Å². The van der Waals surface area contributed by atoms with Gasteiger partial charge in [-0.1, -0.05) is 0 Å². The SMILES string of the molecule is COc1nc(N)nc2nc(N)[nH]c12. The second kappa shape index (κ2) is 2.47. The summed E-state index contributed by atoms with van der Waals surface area (Å²) in [6.45, 7) is 0. The van der Waals surface area contributed by atoms with Crippen LogP contribution in [0.4, 0.5) is 11.9 Å². The Balaban J connectivity index is 2.80. The Hall–Kier alpha value is -2.05. The van der Waals surface area contributed by atoms with Gasteiger partial charge in [-0.25, -0.2) is 0 Å². The monoisotopic (exact) mass is 180 g/mol. The first kappa shape index (κ1) is 7.59. The Bertz CT molecular complexity index is 450. The number of ether oxygens (including phenoxy) is 1. The van der Waals surface area contributed by atoms with E-state index in [1.807, 2.05) is 0 Å². The normalized spacial score (nSPS) is 10.5. The third-order valence-corrected chi connectivity index (χ3v) is 1.55. The topological polar surface area (TPSA) is 116 Å². The lowest BCUT2D eigenvalue weighted by Crippen LogP contribution is -1.98. The van der Waals surface area contributed by atoms with Crippen LogP contribution < -0.4 is 16.2 Å². The minimum Gasteiger partial charge on any atom is -0.479 e. The van der Waals surface area contributed by atoms with Crippen molar-refractivity contribution in [3.05, 3.63) is 0 Å². The third kappa shape index (κ3) is 1.10. The molecule has 0 spiro atoms.